The number of carbonyl (C=O) groups is 1. The van der Waals surface area contributed by atoms with Crippen molar-refractivity contribution in [1.82, 2.24) is 4.57 Å². The summed E-state index contributed by atoms with van der Waals surface area (Å²) < 4.78 is 2.02. The number of aliphatic hydroxyl groups is 1. The first kappa shape index (κ1) is 13.6. The highest BCUT2D eigenvalue weighted by molar-refractivity contribution is 5.96. The molecule has 0 aliphatic heterocycles. The molecule has 1 atom stereocenters. The Kier molecular flexibility index (Phi) is 3.62. The maximum absolute atomic E-state index is 11.2. The SMILES string of the molecule is CCCn1cc(C(C)O)c2cc(C)c(C(=O)O)cc21. The van der Waals surface area contributed by atoms with Crippen LogP contribution in [0.25, 0.3) is 10.9 Å². The number of aromatic nitrogens is 1. The van der Waals surface area contributed by atoms with Gasteiger partial charge in [-0.3, -0.25) is 0 Å². The zero-order valence-corrected chi connectivity index (χ0v) is 11.5. The van der Waals surface area contributed by atoms with Crippen LogP contribution < -0.4 is 0 Å². The van der Waals surface area contributed by atoms with Crippen LogP contribution in [0.2, 0.25) is 0 Å². The van der Waals surface area contributed by atoms with Gasteiger partial charge in [0.1, 0.15) is 0 Å². The molecule has 19 heavy (non-hydrogen) atoms. The zero-order valence-electron chi connectivity index (χ0n) is 11.5. The zero-order chi connectivity index (χ0) is 14.2. The third-order valence-corrected chi connectivity index (χ3v) is 3.40. The summed E-state index contributed by atoms with van der Waals surface area (Å²) in [6.07, 6.45) is 2.32. The Labute approximate surface area is 112 Å². The second kappa shape index (κ2) is 5.05. The third kappa shape index (κ3) is 2.36. The number of aromatic carboxylic acids is 1. The molecule has 2 N–H and O–H groups in total. The van der Waals surface area contributed by atoms with E-state index in [9.17, 15) is 15.0 Å². The van der Waals surface area contributed by atoms with Crippen LogP contribution in [0.15, 0.2) is 18.3 Å². The van der Waals surface area contributed by atoms with Crippen LogP contribution >= 0.6 is 0 Å². The van der Waals surface area contributed by atoms with Crippen LogP contribution in [0, 0.1) is 6.92 Å². The first-order chi connectivity index (χ1) is 8.95. The number of carboxylic acid groups (broad SMARTS) is 1. The smallest absolute Gasteiger partial charge is 0.336 e. The van der Waals surface area contributed by atoms with E-state index in [1.807, 2.05) is 16.8 Å². The number of carboxylic acids is 1. The molecule has 0 saturated heterocycles. The van der Waals surface area contributed by atoms with E-state index in [2.05, 4.69) is 6.92 Å². The lowest BCUT2D eigenvalue weighted by Crippen LogP contribution is -2.01. The van der Waals surface area contributed by atoms with Crippen molar-refractivity contribution >= 4 is 16.9 Å². The van der Waals surface area contributed by atoms with Gasteiger partial charge in [-0.1, -0.05) is 6.92 Å². The van der Waals surface area contributed by atoms with Crippen LogP contribution in [-0.4, -0.2) is 20.7 Å². The predicted molar refractivity (Wildman–Crippen MR) is 74.6 cm³/mol. The van der Waals surface area contributed by atoms with Gasteiger partial charge in [-0.05, 0) is 38.0 Å². The van der Waals surface area contributed by atoms with E-state index in [4.69, 9.17) is 0 Å². The maximum Gasteiger partial charge on any atom is 0.336 e. The lowest BCUT2D eigenvalue weighted by atomic mass is 10.0. The van der Waals surface area contributed by atoms with E-state index >= 15 is 0 Å². The monoisotopic (exact) mass is 261 g/mol. The lowest BCUT2D eigenvalue weighted by Gasteiger charge is -2.06. The Morgan fingerprint density at radius 2 is 2.11 bits per heavy atom. The molecule has 1 heterocycles. The van der Waals surface area contributed by atoms with Crippen molar-refractivity contribution in [1.29, 1.82) is 0 Å². The molecule has 1 aromatic heterocycles. The fourth-order valence-corrected chi connectivity index (χ4v) is 2.46. The van der Waals surface area contributed by atoms with Gasteiger partial charge in [0, 0.05) is 29.2 Å². The van der Waals surface area contributed by atoms with Gasteiger partial charge in [0.25, 0.3) is 0 Å². The molecule has 1 unspecified atom stereocenters. The predicted octanol–water partition coefficient (Wildman–Crippen LogP) is 3.11. The normalized spacial score (nSPS) is 12.8. The van der Waals surface area contributed by atoms with Crippen molar-refractivity contribution < 1.29 is 15.0 Å². The Morgan fingerprint density at radius 1 is 1.42 bits per heavy atom. The average Bonchev–Trinajstić information content (AvgIpc) is 2.66. The maximum atomic E-state index is 11.2. The van der Waals surface area contributed by atoms with Crippen molar-refractivity contribution in [3.8, 4) is 0 Å². The number of hydrogen-bond acceptors (Lipinski definition) is 2. The molecule has 0 aliphatic carbocycles. The van der Waals surface area contributed by atoms with Gasteiger partial charge in [-0.15, -0.1) is 0 Å². The summed E-state index contributed by atoms with van der Waals surface area (Å²) in [5.74, 6) is -0.915. The molecular weight excluding hydrogens is 242 g/mol. The molecule has 2 aromatic rings. The van der Waals surface area contributed by atoms with Crippen LogP contribution in [-0.2, 0) is 6.54 Å². The summed E-state index contributed by atoms with van der Waals surface area (Å²) in [6.45, 7) is 6.39. The van der Waals surface area contributed by atoms with Gasteiger partial charge in [0.2, 0.25) is 0 Å². The molecule has 0 radical (unpaired) electrons. The van der Waals surface area contributed by atoms with E-state index in [0.29, 0.717) is 5.56 Å². The minimum absolute atomic E-state index is 0.320. The van der Waals surface area contributed by atoms with Crippen molar-refractivity contribution in [2.75, 3.05) is 0 Å². The number of aliphatic hydroxyl groups excluding tert-OH is 1. The van der Waals surface area contributed by atoms with Crippen LogP contribution in [0.3, 0.4) is 0 Å². The van der Waals surface area contributed by atoms with E-state index < -0.39 is 12.1 Å². The molecule has 0 bridgehead atoms. The first-order valence-corrected chi connectivity index (χ1v) is 6.50. The van der Waals surface area contributed by atoms with Crippen LogP contribution in [0.5, 0.6) is 0 Å². The molecule has 1 aromatic carbocycles. The first-order valence-electron chi connectivity index (χ1n) is 6.50. The number of rotatable bonds is 4. The van der Waals surface area contributed by atoms with Gasteiger partial charge in [0.05, 0.1) is 11.7 Å². The molecule has 0 aliphatic rings. The van der Waals surface area contributed by atoms with Crippen LogP contribution in [0.4, 0.5) is 0 Å². The molecule has 2 rings (SSSR count). The second-order valence-corrected chi connectivity index (χ2v) is 4.94. The van der Waals surface area contributed by atoms with Crippen molar-refractivity contribution in [2.24, 2.45) is 0 Å². The molecule has 0 spiro atoms. The molecule has 102 valence electrons. The molecule has 0 saturated carbocycles. The quantitative estimate of drug-likeness (QED) is 0.888. The molecule has 0 fully saturated rings. The van der Waals surface area contributed by atoms with Gasteiger partial charge in [0.15, 0.2) is 0 Å². The Balaban J connectivity index is 2.75. The summed E-state index contributed by atoms with van der Waals surface area (Å²) in [6, 6.07) is 3.56. The Bertz CT molecular complexity index is 626. The summed E-state index contributed by atoms with van der Waals surface area (Å²) in [5.41, 5.74) is 2.76. The van der Waals surface area contributed by atoms with Gasteiger partial charge >= 0.3 is 5.97 Å². The number of benzene rings is 1. The van der Waals surface area contributed by atoms with Crippen LogP contribution in [0.1, 0.15) is 47.9 Å². The highest BCUT2D eigenvalue weighted by atomic mass is 16.4. The highest BCUT2D eigenvalue weighted by Gasteiger charge is 2.16. The minimum atomic E-state index is -0.915. The molecule has 0 amide bonds. The molecule has 4 heteroatoms. The summed E-state index contributed by atoms with van der Waals surface area (Å²) in [4.78, 5) is 11.2. The lowest BCUT2D eigenvalue weighted by molar-refractivity contribution is 0.0696. The fourth-order valence-electron chi connectivity index (χ4n) is 2.46. The summed E-state index contributed by atoms with van der Waals surface area (Å²) in [5, 5.41) is 20.0. The summed E-state index contributed by atoms with van der Waals surface area (Å²) in [7, 11) is 0. The number of nitrogens with zero attached hydrogens (tertiary/aromatic N) is 1. The fraction of sp³-hybridized carbons (Fsp3) is 0.400. The largest absolute Gasteiger partial charge is 0.478 e. The molecule has 4 nitrogen and oxygen atoms in total. The number of aryl methyl sites for hydroxylation is 2. The molecular formula is C15H19NO3. The van der Waals surface area contributed by atoms with Gasteiger partial charge in [-0.25, -0.2) is 4.79 Å². The third-order valence-electron chi connectivity index (χ3n) is 3.40. The average molecular weight is 261 g/mol. The second-order valence-electron chi connectivity index (χ2n) is 4.94. The van der Waals surface area contributed by atoms with Crippen molar-refractivity contribution in [2.45, 2.75) is 39.8 Å². The van der Waals surface area contributed by atoms with Gasteiger partial charge in [-0.2, -0.15) is 0 Å². The topological polar surface area (TPSA) is 62.5 Å². The Morgan fingerprint density at radius 3 is 2.63 bits per heavy atom. The number of hydrogen-bond donors (Lipinski definition) is 2. The number of fused-ring (bicyclic) bond motifs is 1. The Hall–Kier alpha value is -1.81. The van der Waals surface area contributed by atoms with E-state index in [1.54, 1.807) is 19.9 Å². The highest BCUT2D eigenvalue weighted by Crippen LogP contribution is 2.29. The van der Waals surface area contributed by atoms with E-state index in [-0.39, 0.29) is 0 Å². The standard InChI is InChI=1S/C15H19NO3/c1-4-5-16-8-13(10(3)17)12-6-9(2)11(15(18)19)7-14(12)16/h6-8,10,17H,4-5H2,1-3H3,(H,18,19). The van der Waals surface area contributed by atoms with E-state index in [0.717, 1.165) is 35.0 Å². The van der Waals surface area contributed by atoms with Crippen molar-refractivity contribution in [3.05, 3.63) is 35.0 Å². The van der Waals surface area contributed by atoms with Gasteiger partial charge < -0.3 is 14.8 Å². The van der Waals surface area contributed by atoms with E-state index in [1.165, 1.54) is 0 Å². The summed E-state index contributed by atoms with van der Waals surface area (Å²) >= 11 is 0. The minimum Gasteiger partial charge on any atom is -0.478 e. The van der Waals surface area contributed by atoms with Crippen molar-refractivity contribution in [3.63, 3.8) is 0 Å².